The van der Waals surface area contributed by atoms with Crippen LogP contribution in [-0.4, -0.2) is 38.7 Å². The number of benzene rings is 1. The topological polar surface area (TPSA) is 59.5 Å². The van der Waals surface area contributed by atoms with Gasteiger partial charge in [0, 0.05) is 25.1 Å². The first-order chi connectivity index (χ1) is 10.3. The molecule has 2 aromatic rings. The molecule has 0 N–H and O–H groups in total. The molecule has 6 heteroatoms. The lowest BCUT2D eigenvalue weighted by atomic mass is 10.2. The number of ether oxygens (including phenoxy) is 1. The molecule has 0 amide bonds. The summed E-state index contributed by atoms with van der Waals surface area (Å²) in [6, 6.07) is 11.2. The van der Waals surface area contributed by atoms with Crippen LogP contribution in [-0.2, 0) is 22.1 Å². The van der Waals surface area contributed by atoms with Crippen molar-refractivity contribution >= 4 is 9.84 Å². The van der Waals surface area contributed by atoms with Crippen LogP contribution in [0, 0.1) is 0 Å². The number of aromatic nitrogens is 1. The van der Waals surface area contributed by atoms with Crippen LogP contribution < -0.4 is 4.74 Å². The standard InChI is InChI=1S/C16H20N2O3S/c1-18(2)11-13-4-7-15(8-5-13)21-16-9-6-14(10-17-16)12-22(3,19)20/h4-10H,11-12H2,1-3H3. The zero-order valence-corrected chi connectivity index (χ0v) is 13.8. The maximum atomic E-state index is 11.2. The average molecular weight is 320 g/mol. The van der Waals surface area contributed by atoms with Gasteiger partial charge in [-0.15, -0.1) is 0 Å². The summed E-state index contributed by atoms with van der Waals surface area (Å²) in [7, 11) is 0.992. The molecule has 0 fully saturated rings. The summed E-state index contributed by atoms with van der Waals surface area (Å²) < 4.78 is 28.1. The van der Waals surface area contributed by atoms with Crippen molar-refractivity contribution in [2.75, 3.05) is 20.4 Å². The fourth-order valence-corrected chi connectivity index (χ4v) is 2.78. The van der Waals surface area contributed by atoms with Crippen molar-refractivity contribution in [2.45, 2.75) is 12.3 Å². The second kappa shape index (κ2) is 6.89. The molecule has 0 aliphatic carbocycles. The number of hydrogen-bond donors (Lipinski definition) is 0. The molecule has 0 spiro atoms. The van der Waals surface area contributed by atoms with Gasteiger partial charge in [0.25, 0.3) is 0 Å². The molecule has 118 valence electrons. The van der Waals surface area contributed by atoms with E-state index in [4.69, 9.17) is 4.74 Å². The Morgan fingerprint density at radius 1 is 1.05 bits per heavy atom. The van der Waals surface area contributed by atoms with Crippen LogP contribution in [0.2, 0.25) is 0 Å². The molecule has 1 heterocycles. The maximum absolute atomic E-state index is 11.2. The van der Waals surface area contributed by atoms with Crippen LogP contribution in [0.25, 0.3) is 0 Å². The Bertz CT molecular complexity index is 708. The van der Waals surface area contributed by atoms with Crippen LogP contribution in [0.3, 0.4) is 0 Å². The molecule has 0 aliphatic rings. The minimum atomic E-state index is -3.05. The molecule has 0 saturated carbocycles. The monoisotopic (exact) mass is 320 g/mol. The normalized spacial score (nSPS) is 11.6. The SMILES string of the molecule is CN(C)Cc1ccc(Oc2ccc(CS(C)(=O)=O)cn2)cc1. The van der Waals surface area contributed by atoms with Crippen molar-refractivity contribution in [3.8, 4) is 11.6 Å². The van der Waals surface area contributed by atoms with Crippen molar-refractivity contribution in [2.24, 2.45) is 0 Å². The van der Waals surface area contributed by atoms with Crippen molar-refractivity contribution in [3.63, 3.8) is 0 Å². The zero-order valence-electron chi connectivity index (χ0n) is 13.0. The summed E-state index contributed by atoms with van der Waals surface area (Å²) in [5.74, 6) is 1.13. The van der Waals surface area contributed by atoms with Gasteiger partial charge in [0.15, 0.2) is 9.84 Å². The Morgan fingerprint density at radius 3 is 2.18 bits per heavy atom. The second-order valence-electron chi connectivity index (χ2n) is 5.56. The highest BCUT2D eigenvalue weighted by Gasteiger charge is 2.06. The van der Waals surface area contributed by atoms with Crippen LogP contribution in [0.5, 0.6) is 11.6 Å². The van der Waals surface area contributed by atoms with Gasteiger partial charge in [-0.05, 0) is 37.4 Å². The van der Waals surface area contributed by atoms with Gasteiger partial charge >= 0.3 is 0 Å². The van der Waals surface area contributed by atoms with E-state index in [1.165, 1.54) is 18.0 Å². The largest absolute Gasteiger partial charge is 0.439 e. The molecule has 0 atom stereocenters. The smallest absolute Gasteiger partial charge is 0.219 e. The molecule has 0 unspecified atom stereocenters. The van der Waals surface area contributed by atoms with Crippen molar-refractivity contribution in [1.82, 2.24) is 9.88 Å². The predicted molar refractivity (Wildman–Crippen MR) is 86.7 cm³/mol. The minimum absolute atomic E-state index is 0.0144. The van der Waals surface area contributed by atoms with Crippen molar-refractivity contribution in [3.05, 3.63) is 53.7 Å². The van der Waals surface area contributed by atoms with Gasteiger partial charge in [0.05, 0.1) is 5.75 Å². The minimum Gasteiger partial charge on any atom is -0.439 e. The first-order valence-electron chi connectivity index (χ1n) is 6.86. The molecule has 0 radical (unpaired) electrons. The Hall–Kier alpha value is -1.92. The van der Waals surface area contributed by atoms with Crippen molar-refractivity contribution < 1.29 is 13.2 Å². The Balaban J connectivity index is 2.01. The average Bonchev–Trinajstić information content (AvgIpc) is 2.41. The van der Waals surface area contributed by atoms with E-state index in [1.54, 1.807) is 12.1 Å². The van der Waals surface area contributed by atoms with E-state index in [-0.39, 0.29) is 5.75 Å². The van der Waals surface area contributed by atoms with Gasteiger partial charge in [-0.3, -0.25) is 0 Å². The third-order valence-corrected chi connectivity index (χ3v) is 3.73. The fourth-order valence-electron chi connectivity index (χ4n) is 2.01. The highest BCUT2D eigenvalue weighted by molar-refractivity contribution is 7.89. The third-order valence-electron chi connectivity index (χ3n) is 2.87. The number of pyridine rings is 1. The molecule has 1 aromatic carbocycles. The van der Waals surface area contributed by atoms with E-state index in [9.17, 15) is 8.42 Å². The van der Waals surface area contributed by atoms with E-state index < -0.39 is 9.84 Å². The van der Waals surface area contributed by atoms with Crippen molar-refractivity contribution in [1.29, 1.82) is 0 Å². The molecule has 2 rings (SSSR count). The molecule has 0 bridgehead atoms. The Morgan fingerprint density at radius 2 is 1.68 bits per heavy atom. The Labute approximate surface area is 131 Å². The second-order valence-corrected chi connectivity index (χ2v) is 7.70. The molecule has 1 aromatic heterocycles. The van der Waals surface area contributed by atoms with Gasteiger partial charge in [-0.2, -0.15) is 0 Å². The summed E-state index contributed by atoms with van der Waals surface area (Å²) in [5.41, 5.74) is 1.85. The molecular weight excluding hydrogens is 300 g/mol. The number of rotatable bonds is 6. The number of hydrogen-bond acceptors (Lipinski definition) is 5. The van der Waals surface area contributed by atoms with Gasteiger partial charge in [-0.1, -0.05) is 18.2 Å². The van der Waals surface area contributed by atoms with E-state index in [0.29, 0.717) is 17.2 Å². The number of sulfone groups is 1. The van der Waals surface area contributed by atoms with Gasteiger partial charge in [-0.25, -0.2) is 13.4 Å². The maximum Gasteiger partial charge on any atom is 0.219 e. The quantitative estimate of drug-likeness (QED) is 0.818. The summed E-state index contributed by atoms with van der Waals surface area (Å²) in [6.45, 7) is 0.874. The summed E-state index contributed by atoms with van der Waals surface area (Å²) in [6.07, 6.45) is 2.73. The predicted octanol–water partition coefficient (Wildman–Crippen LogP) is 2.48. The molecule has 0 saturated heterocycles. The molecule has 5 nitrogen and oxygen atoms in total. The van der Waals surface area contributed by atoms with Crippen LogP contribution in [0.4, 0.5) is 0 Å². The fraction of sp³-hybridized carbons (Fsp3) is 0.312. The first kappa shape index (κ1) is 16.5. The summed E-state index contributed by atoms with van der Waals surface area (Å²) >= 11 is 0. The molecule has 22 heavy (non-hydrogen) atoms. The summed E-state index contributed by atoms with van der Waals surface area (Å²) in [4.78, 5) is 6.23. The van der Waals surface area contributed by atoms with E-state index in [0.717, 1.165) is 6.54 Å². The van der Waals surface area contributed by atoms with Crippen LogP contribution >= 0.6 is 0 Å². The van der Waals surface area contributed by atoms with E-state index in [1.807, 2.05) is 38.4 Å². The lowest BCUT2D eigenvalue weighted by Gasteiger charge is -2.10. The molecule has 0 aliphatic heterocycles. The lowest BCUT2D eigenvalue weighted by Crippen LogP contribution is -2.10. The first-order valence-corrected chi connectivity index (χ1v) is 8.92. The van der Waals surface area contributed by atoms with Gasteiger partial charge in [0.1, 0.15) is 5.75 Å². The summed E-state index contributed by atoms with van der Waals surface area (Å²) in [5, 5.41) is 0. The van der Waals surface area contributed by atoms with Crippen LogP contribution in [0.15, 0.2) is 42.6 Å². The highest BCUT2D eigenvalue weighted by atomic mass is 32.2. The Kier molecular flexibility index (Phi) is 5.15. The zero-order chi connectivity index (χ0) is 16.2. The molecular formula is C16H20N2O3S. The van der Waals surface area contributed by atoms with Gasteiger partial charge < -0.3 is 9.64 Å². The third kappa shape index (κ3) is 5.46. The lowest BCUT2D eigenvalue weighted by molar-refractivity contribution is 0.402. The highest BCUT2D eigenvalue weighted by Crippen LogP contribution is 2.20. The van der Waals surface area contributed by atoms with E-state index >= 15 is 0 Å². The van der Waals surface area contributed by atoms with Gasteiger partial charge in [0.2, 0.25) is 5.88 Å². The number of nitrogens with zero attached hydrogens (tertiary/aromatic N) is 2. The van der Waals surface area contributed by atoms with Crippen LogP contribution in [0.1, 0.15) is 11.1 Å². The van der Waals surface area contributed by atoms with E-state index in [2.05, 4.69) is 9.88 Å².